The summed E-state index contributed by atoms with van der Waals surface area (Å²) in [5, 5.41) is 6.81. The normalized spacial score (nSPS) is 31.5. The number of hydrogen-bond donors (Lipinski definition) is 1. The largest absolute Gasteiger partial charge is 0.346 e. The van der Waals surface area contributed by atoms with Crippen molar-refractivity contribution in [1.82, 2.24) is 15.2 Å². The minimum Gasteiger partial charge on any atom is -0.346 e. The van der Waals surface area contributed by atoms with Gasteiger partial charge >= 0.3 is 0 Å². The lowest BCUT2D eigenvalue weighted by Crippen LogP contribution is -2.51. The molecule has 1 aromatic rings. The predicted molar refractivity (Wildman–Crippen MR) is 90.1 cm³/mol. The van der Waals surface area contributed by atoms with Gasteiger partial charge in [0, 0.05) is 50.3 Å². The molecular weight excluding hydrogens is 280 g/mol. The van der Waals surface area contributed by atoms with Gasteiger partial charge in [0.15, 0.2) is 5.13 Å². The molecule has 2 fully saturated rings. The molecule has 1 aromatic heterocycles. The van der Waals surface area contributed by atoms with Crippen LogP contribution in [0.1, 0.15) is 26.2 Å². The predicted octanol–water partition coefficient (Wildman–Crippen LogP) is 2.29. The van der Waals surface area contributed by atoms with Crippen LogP contribution >= 0.6 is 11.3 Å². The van der Waals surface area contributed by atoms with Gasteiger partial charge in [-0.1, -0.05) is 6.92 Å². The van der Waals surface area contributed by atoms with Crippen LogP contribution in [0, 0.1) is 11.8 Å². The van der Waals surface area contributed by atoms with E-state index in [0.29, 0.717) is 0 Å². The molecule has 0 bridgehead atoms. The van der Waals surface area contributed by atoms with Crippen LogP contribution in [0.2, 0.25) is 0 Å². The SMILES string of the molecule is CNC1CCC(C)CC1CN1CCN(c2nccs2)CC1. The molecule has 1 aliphatic heterocycles. The molecule has 1 N–H and O–H groups in total. The van der Waals surface area contributed by atoms with Crippen molar-refractivity contribution in [2.75, 3.05) is 44.7 Å². The van der Waals surface area contributed by atoms with E-state index in [2.05, 4.69) is 39.5 Å². The van der Waals surface area contributed by atoms with Crippen LogP contribution in [0.3, 0.4) is 0 Å². The average molecular weight is 308 g/mol. The molecule has 0 radical (unpaired) electrons. The van der Waals surface area contributed by atoms with Crippen molar-refractivity contribution >= 4 is 16.5 Å². The van der Waals surface area contributed by atoms with E-state index in [9.17, 15) is 0 Å². The van der Waals surface area contributed by atoms with Crippen LogP contribution in [0.25, 0.3) is 0 Å². The van der Waals surface area contributed by atoms with Crippen LogP contribution in [-0.2, 0) is 0 Å². The van der Waals surface area contributed by atoms with Crippen LogP contribution in [-0.4, -0.2) is 55.7 Å². The molecule has 1 saturated carbocycles. The number of rotatable bonds is 4. The van der Waals surface area contributed by atoms with Gasteiger partial charge < -0.3 is 10.2 Å². The minimum absolute atomic E-state index is 0.721. The van der Waals surface area contributed by atoms with Gasteiger partial charge in [0.2, 0.25) is 0 Å². The Morgan fingerprint density at radius 3 is 2.76 bits per heavy atom. The van der Waals surface area contributed by atoms with E-state index in [-0.39, 0.29) is 0 Å². The first-order chi connectivity index (χ1) is 10.3. The third kappa shape index (κ3) is 3.76. The molecule has 118 valence electrons. The van der Waals surface area contributed by atoms with Crippen LogP contribution < -0.4 is 10.2 Å². The summed E-state index contributed by atoms with van der Waals surface area (Å²) in [6.07, 6.45) is 6.03. The maximum Gasteiger partial charge on any atom is 0.185 e. The standard InChI is InChI=1S/C16H28N4S/c1-13-3-4-15(17-2)14(11-13)12-19-6-8-20(9-7-19)16-18-5-10-21-16/h5,10,13-15,17H,3-4,6-9,11-12H2,1-2H3. The van der Waals surface area contributed by atoms with E-state index in [1.165, 1.54) is 44.0 Å². The van der Waals surface area contributed by atoms with Gasteiger partial charge in [0.25, 0.3) is 0 Å². The molecule has 0 amide bonds. The Morgan fingerprint density at radius 2 is 2.10 bits per heavy atom. The molecule has 3 atom stereocenters. The van der Waals surface area contributed by atoms with Crippen LogP contribution in [0.15, 0.2) is 11.6 Å². The fourth-order valence-corrected chi connectivity index (χ4v) is 4.60. The maximum absolute atomic E-state index is 4.43. The smallest absolute Gasteiger partial charge is 0.185 e. The molecule has 1 aliphatic carbocycles. The van der Waals surface area contributed by atoms with Crippen LogP contribution in [0.4, 0.5) is 5.13 Å². The highest BCUT2D eigenvalue weighted by atomic mass is 32.1. The lowest BCUT2D eigenvalue weighted by Gasteiger charge is -2.41. The van der Waals surface area contributed by atoms with E-state index in [1.807, 2.05) is 6.20 Å². The molecule has 0 aromatic carbocycles. The third-order valence-corrected chi connectivity index (χ3v) is 6.00. The van der Waals surface area contributed by atoms with Gasteiger partial charge in [-0.05, 0) is 38.1 Å². The topological polar surface area (TPSA) is 31.4 Å². The quantitative estimate of drug-likeness (QED) is 0.925. The number of nitrogens with one attached hydrogen (secondary N) is 1. The number of aromatic nitrogens is 1. The molecule has 5 heteroatoms. The number of anilines is 1. The Labute approximate surface area is 132 Å². The zero-order chi connectivity index (χ0) is 14.7. The van der Waals surface area contributed by atoms with Gasteiger partial charge in [-0.25, -0.2) is 4.98 Å². The van der Waals surface area contributed by atoms with E-state index in [0.717, 1.165) is 31.0 Å². The van der Waals surface area contributed by atoms with Gasteiger partial charge in [0.1, 0.15) is 0 Å². The second-order valence-electron chi connectivity index (χ2n) is 6.68. The van der Waals surface area contributed by atoms with E-state index in [1.54, 1.807) is 11.3 Å². The number of piperazine rings is 1. The first kappa shape index (κ1) is 15.3. The molecule has 1 saturated heterocycles. The summed E-state index contributed by atoms with van der Waals surface area (Å²) in [6.45, 7) is 8.29. The monoisotopic (exact) mass is 308 g/mol. The molecule has 3 unspecified atom stereocenters. The number of nitrogens with zero attached hydrogens (tertiary/aromatic N) is 3. The summed E-state index contributed by atoms with van der Waals surface area (Å²) in [5.74, 6) is 1.72. The highest BCUT2D eigenvalue weighted by Gasteiger charge is 2.30. The summed E-state index contributed by atoms with van der Waals surface area (Å²) in [5.41, 5.74) is 0. The van der Waals surface area contributed by atoms with Gasteiger partial charge in [-0.3, -0.25) is 4.90 Å². The zero-order valence-corrected chi connectivity index (χ0v) is 14.1. The van der Waals surface area contributed by atoms with Crippen molar-refractivity contribution in [3.63, 3.8) is 0 Å². The van der Waals surface area contributed by atoms with E-state index < -0.39 is 0 Å². The highest BCUT2D eigenvalue weighted by molar-refractivity contribution is 7.13. The molecule has 2 heterocycles. The Kier molecular flexibility index (Phi) is 5.14. The summed E-state index contributed by atoms with van der Waals surface area (Å²) in [4.78, 5) is 9.53. The highest BCUT2D eigenvalue weighted by Crippen LogP contribution is 2.30. The van der Waals surface area contributed by atoms with Gasteiger partial charge in [-0.2, -0.15) is 0 Å². The second-order valence-corrected chi connectivity index (χ2v) is 7.55. The van der Waals surface area contributed by atoms with Crippen molar-refractivity contribution in [2.45, 2.75) is 32.2 Å². The van der Waals surface area contributed by atoms with Gasteiger partial charge in [0.05, 0.1) is 0 Å². The Morgan fingerprint density at radius 1 is 1.29 bits per heavy atom. The van der Waals surface area contributed by atoms with E-state index >= 15 is 0 Å². The van der Waals surface area contributed by atoms with E-state index in [4.69, 9.17) is 0 Å². The summed E-state index contributed by atoms with van der Waals surface area (Å²) in [6, 6.07) is 0.721. The number of thiazole rings is 1. The van der Waals surface area contributed by atoms with Crippen LogP contribution in [0.5, 0.6) is 0 Å². The molecule has 0 spiro atoms. The summed E-state index contributed by atoms with van der Waals surface area (Å²) in [7, 11) is 2.13. The Bertz CT molecular complexity index is 414. The summed E-state index contributed by atoms with van der Waals surface area (Å²) < 4.78 is 0. The molecule has 4 nitrogen and oxygen atoms in total. The molecule has 3 rings (SSSR count). The third-order valence-electron chi connectivity index (χ3n) is 5.17. The van der Waals surface area contributed by atoms with Crippen molar-refractivity contribution in [3.05, 3.63) is 11.6 Å². The lowest BCUT2D eigenvalue weighted by molar-refractivity contribution is 0.143. The maximum atomic E-state index is 4.43. The second kappa shape index (κ2) is 7.07. The fraction of sp³-hybridized carbons (Fsp3) is 0.812. The average Bonchev–Trinajstić information content (AvgIpc) is 3.03. The van der Waals surface area contributed by atoms with Gasteiger partial charge in [-0.15, -0.1) is 11.3 Å². The first-order valence-electron chi connectivity index (χ1n) is 8.30. The fourth-order valence-electron chi connectivity index (χ4n) is 3.91. The minimum atomic E-state index is 0.721. The Balaban J connectivity index is 1.50. The molecule has 2 aliphatic rings. The first-order valence-corrected chi connectivity index (χ1v) is 9.18. The molecular formula is C16H28N4S. The zero-order valence-electron chi connectivity index (χ0n) is 13.3. The summed E-state index contributed by atoms with van der Waals surface area (Å²) >= 11 is 1.76. The molecule has 21 heavy (non-hydrogen) atoms. The van der Waals surface area contributed by atoms with Crippen molar-refractivity contribution in [3.8, 4) is 0 Å². The Hall–Kier alpha value is -0.650. The number of hydrogen-bond acceptors (Lipinski definition) is 5. The van der Waals surface area contributed by atoms with Crippen molar-refractivity contribution < 1.29 is 0 Å². The lowest BCUT2D eigenvalue weighted by atomic mass is 9.78. The van der Waals surface area contributed by atoms with Crippen molar-refractivity contribution in [2.24, 2.45) is 11.8 Å². The van der Waals surface area contributed by atoms with Crippen molar-refractivity contribution in [1.29, 1.82) is 0 Å².